The Morgan fingerprint density at radius 3 is 1.50 bits per heavy atom. The number of alkyl halides is 6. The molecular weight excluding hydrogens is 388 g/mol. The molecule has 0 amide bonds. The third-order valence-corrected chi connectivity index (χ3v) is 6.00. The van der Waals surface area contributed by atoms with E-state index in [1.807, 2.05) is 0 Å². The predicted octanol–water partition coefficient (Wildman–Crippen LogP) is 2.85. The van der Waals surface area contributed by atoms with Crippen LogP contribution in [0.2, 0.25) is 5.02 Å². The van der Waals surface area contributed by atoms with Crippen molar-refractivity contribution in [2.75, 3.05) is 3.71 Å². The quantitative estimate of drug-likeness (QED) is 0.743. The van der Waals surface area contributed by atoms with Gasteiger partial charge in [0.25, 0.3) is 0 Å². The van der Waals surface area contributed by atoms with Crippen LogP contribution in [-0.4, -0.2) is 27.9 Å². The highest BCUT2D eigenvalue weighted by Crippen LogP contribution is 2.41. The molecule has 0 saturated heterocycles. The molecule has 0 aliphatic carbocycles. The minimum Gasteiger partial charge on any atom is -0.196 e. The fourth-order valence-electron chi connectivity index (χ4n) is 1.18. The van der Waals surface area contributed by atoms with Crippen LogP contribution in [0.25, 0.3) is 0 Å². The Hall–Kier alpha value is -1.21. The molecule has 14 heteroatoms. The fraction of sp³-hybridized carbons (Fsp3) is 0.250. The Morgan fingerprint density at radius 2 is 1.18 bits per heavy atom. The minimum absolute atomic E-state index is 0.384. The Kier molecular flexibility index (Phi) is 4.67. The first-order valence-electron chi connectivity index (χ1n) is 4.81. The molecule has 126 valence electrons. The van der Waals surface area contributed by atoms with Gasteiger partial charge in [0.1, 0.15) is 0 Å². The van der Waals surface area contributed by atoms with Crippen LogP contribution in [0.3, 0.4) is 0 Å². The molecule has 0 aromatic heterocycles. The van der Waals surface area contributed by atoms with Crippen molar-refractivity contribution in [3.05, 3.63) is 29.3 Å². The van der Waals surface area contributed by atoms with E-state index in [2.05, 4.69) is 0 Å². The largest absolute Gasteiger partial charge is 0.517 e. The highest BCUT2D eigenvalue weighted by Gasteiger charge is 2.62. The summed E-state index contributed by atoms with van der Waals surface area (Å²) in [6, 6.07) is 2.97. The lowest BCUT2D eigenvalue weighted by atomic mass is 10.3. The molecule has 0 bridgehead atoms. The van der Waals surface area contributed by atoms with Crippen LogP contribution in [-0.2, 0) is 20.0 Å². The van der Waals surface area contributed by atoms with Crippen molar-refractivity contribution in [3.8, 4) is 0 Å². The van der Waals surface area contributed by atoms with Gasteiger partial charge in [-0.2, -0.15) is 43.2 Å². The van der Waals surface area contributed by atoms with E-state index >= 15 is 0 Å². The molecule has 0 atom stereocenters. The van der Waals surface area contributed by atoms with Gasteiger partial charge in [-0.15, -0.1) is 3.71 Å². The third-order valence-electron chi connectivity index (χ3n) is 2.07. The number of rotatable bonds is 3. The average Bonchev–Trinajstić information content (AvgIpc) is 2.28. The molecule has 1 rings (SSSR count). The molecular formula is C8H4ClF6NO4S2. The van der Waals surface area contributed by atoms with Gasteiger partial charge in [-0.3, -0.25) is 0 Å². The maximum absolute atomic E-state index is 12.5. The van der Waals surface area contributed by atoms with Crippen molar-refractivity contribution in [3.63, 3.8) is 0 Å². The summed E-state index contributed by atoms with van der Waals surface area (Å²) in [4.78, 5) is 0. The van der Waals surface area contributed by atoms with Crippen molar-refractivity contribution in [2.45, 2.75) is 11.0 Å². The Labute approximate surface area is 125 Å². The number of nitrogens with zero attached hydrogens (tertiary/aromatic N) is 1. The zero-order valence-corrected chi connectivity index (χ0v) is 12.2. The minimum atomic E-state index is -6.91. The molecule has 22 heavy (non-hydrogen) atoms. The molecule has 0 saturated carbocycles. The summed E-state index contributed by atoms with van der Waals surface area (Å²) in [7, 11) is -13.8. The third kappa shape index (κ3) is 3.10. The molecule has 0 aliphatic heterocycles. The predicted molar refractivity (Wildman–Crippen MR) is 63.9 cm³/mol. The van der Waals surface area contributed by atoms with Crippen molar-refractivity contribution in [1.29, 1.82) is 0 Å². The lowest BCUT2D eigenvalue weighted by Gasteiger charge is -2.26. The molecule has 0 heterocycles. The van der Waals surface area contributed by atoms with E-state index in [1.165, 1.54) is 0 Å². The van der Waals surface area contributed by atoms with Gasteiger partial charge < -0.3 is 0 Å². The fourth-order valence-corrected chi connectivity index (χ4v) is 4.25. The van der Waals surface area contributed by atoms with Gasteiger partial charge in [-0.1, -0.05) is 23.7 Å². The number of para-hydroxylation sites is 1. The molecule has 1 aromatic carbocycles. The summed E-state index contributed by atoms with van der Waals surface area (Å²) in [5, 5.41) is -0.942. The van der Waals surface area contributed by atoms with Gasteiger partial charge in [0.05, 0.1) is 10.7 Å². The van der Waals surface area contributed by atoms with Gasteiger partial charge in [-0.05, 0) is 12.1 Å². The van der Waals surface area contributed by atoms with E-state index in [-0.39, 0.29) is 0 Å². The first-order valence-corrected chi connectivity index (χ1v) is 8.07. The van der Waals surface area contributed by atoms with Crippen molar-refractivity contribution in [2.24, 2.45) is 0 Å². The summed E-state index contributed by atoms with van der Waals surface area (Å²) in [5.41, 5.74) is -14.1. The number of halogens is 7. The summed E-state index contributed by atoms with van der Waals surface area (Å²) in [6.07, 6.45) is 0. The number of anilines is 1. The molecule has 0 unspecified atom stereocenters. The van der Waals surface area contributed by atoms with Crippen molar-refractivity contribution < 1.29 is 43.2 Å². The molecule has 5 nitrogen and oxygen atoms in total. The van der Waals surface area contributed by atoms with Gasteiger partial charge in [0, 0.05) is 0 Å². The zero-order chi connectivity index (χ0) is 17.6. The smallest absolute Gasteiger partial charge is 0.196 e. The lowest BCUT2D eigenvalue weighted by Crippen LogP contribution is -2.49. The van der Waals surface area contributed by atoms with Gasteiger partial charge >= 0.3 is 31.1 Å². The summed E-state index contributed by atoms with van der Waals surface area (Å²) in [5.74, 6) is 0. The van der Waals surface area contributed by atoms with Gasteiger partial charge in [0.15, 0.2) is 0 Å². The Morgan fingerprint density at radius 1 is 0.818 bits per heavy atom. The van der Waals surface area contributed by atoms with Gasteiger partial charge in [-0.25, -0.2) is 0 Å². The van der Waals surface area contributed by atoms with Crippen molar-refractivity contribution in [1.82, 2.24) is 0 Å². The second kappa shape index (κ2) is 5.45. The second-order valence-electron chi connectivity index (χ2n) is 3.55. The van der Waals surface area contributed by atoms with Crippen LogP contribution in [0, 0.1) is 0 Å². The first-order chi connectivity index (χ1) is 9.64. The van der Waals surface area contributed by atoms with Crippen molar-refractivity contribution >= 4 is 37.3 Å². The average molecular weight is 392 g/mol. The standard InChI is InChI=1S/C8H4ClF6NO4S2/c9-5-3-1-2-4-6(5)16(21(17,18)7(10,11)12)22(19,20)8(13,14)15/h1-4H. The summed E-state index contributed by atoms with van der Waals surface area (Å²) in [6.45, 7) is 0. The van der Waals surface area contributed by atoms with Crippen LogP contribution in [0.1, 0.15) is 0 Å². The number of hydrogen-bond donors (Lipinski definition) is 0. The van der Waals surface area contributed by atoms with Crippen LogP contribution in [0.15, 0.2) is 24.3 Å². The normalized spacial score (nSPS) is 14.0. The van der Waals surface area contributed by atoms with E-state index in [4.69, 9.17) is 11.6 Å². The topological polar surface area (TPSA) is 71.5 Å². The monoisotopic (exact) mass is 391 g/mol. The molecule has 0 aliphatic rings. The molecule has 0 N–H and O–H groups in total. The molecule has 0 radical (unpaired) electrons. The lowest BCUT2D eigenvalue weighted by molar-refractivity contribution is -0.0462. The highest BCUT2D eigenvalue weighted by atomic mass is 35.5. The van der Waals surface area contributed by atoms with E-state index < -0.39 is 45.5 Å². The number of benzene rings is 1. The zero-order valence-electron chi connectivity index (χ0n) is 9.85. The molecule has 0 spiro atoms. The maximum atomic E-state index is 12.5. The van der Waals surface area contributed by atoms with Gasteiger partial charge in [0.2, 0.25) is 0 Å². The van der Waals surface area contributed by atoms with Crippen LogP contribution in [0.5, 0.6) is 0 Å². The van der Waals surface area contributed by atoms with E-state index in [1.54, 1.807) is 0 Å². The molecule has 0 fully saturated rings. The number of sulfonamides is 2. The summed E-state index contributed by atoms with van der Waals surface area (Å²) < 4.78 is 118. The SMILES string of the molecule is O=S(=O)(N(c1ccccc1Cl)S(=O)(=O)C(F)(F)F)C(F)(F)F. The van der Waals surface area contributed by atoms with Crippen LogP contribution >= 0.6 is 11.6 Å². The van der Waals surface area contributed by atoms with Crippen LogP contribution < -0.4 is 3.71 Å². The number of hydrogen-bond acceptors (Lipinski definition) is 4. The Bertz CT molecular complexity index is 727. The van der Waals surface area contributed by atoms with E-state index in [0.29, 0.717) is 6.07 Å². The van der Waals surface area contributed by atoms with E-state index in [9.17, 15) is 43.2 Å². The second-order valence-corrected chi connectivity index (χ2v) is 7.74. The maximum Gasteiger partial charge on any atom is 0.517 e. The van der Waals surface area contributed by atoms with E-state index in [0.717, 1.165) is 18.2 Å². The van der Waals surface area contributed by atoms with Crippen LogP contribution in [0.4, 0.5) is 32.0 Å². The highest BCUT2D eigenvalue weighted by molar-refractivity contribution is 8.11. The molecule has 1 aromatic rings. The Balaban J connectivity index is 3.83. The first kappa shape index (κ1) is 18.8. The summed E-state index contributed by atoms with van der Waals surface area (Å²) >= 11 is 5.33.